The fourth-order valence-corrected chi connectivity index (χ4v) is 2.70. The summed E-state index contributed by atoms with van der Waals surface area (Å²) in [6.45, 7) is 9.18. The van der Waals surface area contributed by atoms with E-state index in [0.717, 1.165) is 22.4 Å². The van der Waals surface area contributed by atoms with Gasteiger partial charge in [0.15, 0.2) is 6.10 Å². The Kier molecular flexibility index (Phi) is 4.54. The quantitative estimate of drug-likeness (QED) is 0.530. The molecular formula is C19H20N4O3. The van der Waals surface area contributed by atoms with Gasteiger partial charge in [0, 0.05) is 17.5 Å². The molecule has 3 aromatic rings. The highest BCUT2D eigenvalue weighted by atomic mass is 16.5. The number of hydrogen-bond acceptors (Lipinski definition) is 6. The number of nitrogens with zero attached hydrogens (tertiary/aromatic N) is 4. The lowest BCUT2D eigenvalue weighted by molar-refractivity contribution is 0.0307. The normalized spacial score (nSPS) is 12.2. The molecule has 0 amide bonds. The van der Waals surface area contributed by atoms with Crippen molar-refractivity contribution in [2.24, 2.45) is 0 Å². The lowest BCUT2D eigenvalue weighted by Gasteiger charge is -2.14. The van der Waals surface area contributed by atoms with E-state index in [2.05, 4.69) is 15.1 Å². The highest BCUT2D eigenvalue weighted by Gasteiger charge is 2.24. The molecule has 0 radical (unpaired) electrons. The number of fused-ring (bicyclic) bond motifs is 1. The summed E-state index contributed by atoms with van der Waals surface area (Å²) in [6, 6.07) is 5.54. The molecule has 0 aliphatic heterocycles. The van der Waals surface area contributed by atoms with Crippen LogP contribution < -0.4 is 0 Å². The minimum absolute atomic E-state index is 0.122. The SMILES string of the molecule is Cc1cc(C)c(C(=O)C(C)OC(=O)c2nc3nccc(C)n3n2)cc1C. The van der Waals surface area contributed by atoms with Gasteiger partial charge in [0.2, 0.25) is 5.78 Å². The Balaban J connectivity index is 1.81. The Morgan fingerprint density at radius 1 is 1.08 bits per heavy atom. The topological polar surface area (TPSA) is 86.5 Å². The summed E-state index contributed by atoms with van der Waals surface area (Å²) in [6.07, 6.45) is 0.646. The van der Waals surface area contributed by atoms with Crippen LogP contribution >= 0.6 is 0 Å². The Morgan fingerprint density at radius 3 is 2.46 bits per heavy atom. The molecule has 3 rings (SSSR count). The van der Waals surface area contributed by atoms with Crippen LogP contribution in [-0.4, -0.2) is 37.4 Å². The Bertz CT molecular complexity index is 1020. The number of ketones is 1. The van der Waals surface area contributed by atoms with Crippen LogP contribution in [0.3, 0.4) is 0 Å². The molecule has 7 heteroatoms. The lowest BCUT2D eigenvalue weighted by atomic mass is 9.96. The van der Waals surface area contributed by atoms with Crippen LogP contribution in [0.1, 0.15) is 50.3 Å². The van der Waals surface area contributed by atoms with Crippen LogP contribution in [0.25, 0.3) is 5.78 Å². The molecule has 2 heterocycles. The van der Waals surface area contributed by atoms with Crippen LogP contribution in [0, 0.1) is 27.7 Å². The van der Waals surface area contributed by atoms with Gasteiger partial charge in [-0.15, -0.1) is 5.10 Å². The van der Waals surface area contributed by atoms with E-state index in [0.29, 0.717) is 11.3 Å². The van der Waals surface area contributed by atoms with E-state index in [4.69, 9.17) is 4.74 Å². The van der Waals surface area contributed by atoms with Gasteiger partial charge in [-0.3, -0.25) is 4.79 Å². The molecular weight excluding hydrogens is 332 g/mol. The molecule has 134 valence electrons. The highest BCUT2D eigenvalue weighted by Crippen LogP contribution is 2.18. The van der Waals surface area contributed by atoms with Gasteiger partial charge >= 0.3 is 5.97 Å². The molecule has 0 saturated carbocycles. The molecule has 0 fully saturated rings. The molecule has 7 nitrogen and oxygen atoms in total. The van der Waals surface area contributed by atoms with Gasteiger partial charge in [-0.1, -0.05) is 6.07 Å². The van der Waals surface area contributed by atoms with Crippen molar-refractivity contribution in [3.8, 4) is 0 Å². The van der Waals surface area contributed by atoms with Crippen molar-refractivity contribution in [3.63, 3.8) is 0 Å². The van der Waals surface area contributed by atoms with Crippen LogP contribution in [0.15, 0.2) is 24.4 Å². The third-order valence-corrected chi connectivity index (χ3v) is 4.37. The average Bonchev–Trinajstić information content (AvgIpc) is 3.03. The smallest absolute Gasteiger partial charge is 0.379 e. The molecule has 1 atom stereocenters. The zero-order valence-electron chi connectivity index (χ0n) is 15.4. The standard InChI is InChI=1S/C19H20N4O3/c1-10-8-12(3)15(9-11(10)2)16(24)14(5)26-18(25)17-21-19-20-7-6-13(4)23(19)22-17/h6-9,14H,1-5H3. The van der Waals surface area contributed by atoms with Gasteiger partial charge in [0.1, 0.15) is 0 Å². The van der Waals surface area contributed by atoms with Gasteiger partial charge in [-0.05, 0) is 63.4 Å². The highest BCUT2D eigenvalue weighted by molar-refractivity contribution is 6.02. The predicted octanol–water partition coefficient (Wildman–Crippen LogP) is 2.79. The molecule has 1 unspecified atom stereocenters. The van der Waals surface area contributed by atoms with Gasteiger partial charge < -0.3 is 4.74 Å². The molecule has 0 aliphatic rings. The number of aromatic nitrogens is 4. The molecule has 26 heavy (non-hydrogen) atoms. The fraction of sp³-hybridized carbons (Fsp3) is 0.316. The number of esters is 1. The van der Waals surface area contributed by atoms with E-state index in [1.807, 2.05) is 39.8 Å². The van der Waals surface area contributed by atoms with Crippen molar-refractivity contribution in [2.45, 2.75) is 40.7 Å². The summed E-state index contributed by atoms with van der Waals surface area (Å²) in [5.74, 6) is -0.821. The summed E-state index contributed by atoms with van der Waals surface area (Å²) in [7, 11) is 0. The zero-order chi connectivity index (χ0) is 19.0. The first-order chi connectivity index (χ1) is 12.3. The maximum absolute atomic E-state index is 12.7. The van der Waals surface area contributed by atoms with Crippen molar-refractivity contribution < 1.29 is 14.3 Å². The Hall–Kier alpha value is -3.09. The van der Waals surface area contributed by atoms with Crippen molar-refractivity contribution in [3.05, 3.63) is 58.2 Å². The van der Waals surface area contributed by atoms with Crippen molar-refractivity contribution in [1.29, 1.82) is 0 Å². The largest absolute Gasteiger partial charge is 0.448 e. The average molecular weight is 352 g/mol. The first-order valence-corrected chi connectivity index (χ1v) is 8.29. The van der Waals surface area contributed by atoms with Crippen LogP contribution in [0.4, 0.5) is 0 Å². The van der Waals surface area contributed by atoms with Gasteiger partial charge in [0.05, 0.1) is 0 Å². The number of aryl methyl sites for hydroxylation is 4. The number of hydrogen-bond donors (Lipinski definition) is 0. The maximum atomic E-state index is 12.7. The predicted molar refractivity (Wildman–Crippen MR) is 95.4 cm³/mol. The van der Waals surface area contributed by atoms with Crippen molar-refractivity contribution in [2.75, 3.05) is 0 Å². The van der Waals surface area contributed by atoms with Crippen LogP contribution in [-0.2, 0) is 4.74 Å². The van der Waals surface area contributed by atoms with E-state index >= 15 is 0 Å². The number of Topliss-reactive ketones (excluding diaryl/α,β-unsaturated/α-hetero) is 1. The number of benzene rings is 1. The summed E-state index contributed by atoms with van der Waals surface area (Å²) in [5, 5.41) is 4.10. The molecule has 2 aromatic heterocycles. The summed E-state index contributed by atoms with van der Waals surface area (Å²) in [4.78, 5) is 33.1. The number of ether oxygens (including phenoxy) is 1. The monoisotopic (exact) mass is 352 g/mol. The number of carbonyl (C=O) groups excluding carboxylic acids is 2. The van der Waals surface area contributed by atoms with E-state index in [1.54, 1.807) is 19.2 Å². The molecule has 0 saturated heterocycles. The first-order valence-electron chi connectivity index (χ1n) is 8.29. The van der Waals surface area contributed by atoms with E-state index in [9.17, 15) is 9.59 Å². The van der Waals surface area contributed by atoms with Gasteiger partial charge in [-0.2, -0.15) is 4.98 Å². The Labute approximate surface area is 151 Å². The van der Waals surface area contributed by atoms with Crippen molar-refractivity contribution in [1.82, 2.24) is 19.6 Å². The minimum atomic E-state index is -0.941. The summed E-state index contributed by atoms with van der Waals surface area (Å²) in [5.41, 5.74) is 4.32. The summed E-state index contributed by atoms with van der Waals surface area (Å²) < 4.78 is 6.75. The lowest BCUT2D eigenvalue weighted by Crippen LogP contribution is -2.25. The molecule has 0 N–H and O–H groups in total. The molecule has 1 aromatic carbocycles. The second-order valence-corrected chi connectivity index (χ2v) is 6.40. The van der Waals surface area contributed by atoms with E-state index in [-0.39, 0.29) is 11.6 Å². The number of rotatable bonds is 4. The third kappa shape index (κ3) is 3.20. The van der Waals surface area contributed by atoms with Crippen LogP contribution in [0.5, 0.6) is 0 Å². The van der Waals surface area contributed by atoms with Crippen molar-refractivity contribution >= 4 is 17.5 Å². The minimum Gasteiger partial charge on any atom is -0.448 e. The summed E-state index contributed by atoms with van der Waals surface area (Å²) >= 11 is 0. The zero-order valence-corrected chi connectivity index (χ0v) is 15.4. The van der Waals surface area contributed by atoms with Gasteiger partial charge in [0.25, 0.3) is 11.6 Å². The maximum Gasteiger partial charge on any atom is 0.379 e. The molecule has 0 aliphatic carbocycles. The van der Waals surface area contributed by atoms with Gasteiger partial charge in [-0.25, -0.2) is 14.3 Å². The third-order valence-electron chi connectivity index (χ3n) is 4.37. The second kappa shape index (κ2) is 6.67. The molecule has 0 bridgehead atoms. The van der Waals surface area contributed by atoms with Crippen LogP contribution in [0.2, 0.25) is 0 Å². The fourth-order valence-electron chi connectivity index (χ4n) is 2.70. The second-order valence-electron chi connectivity index (χ2n) is 6.40. The molecule has 0 spiro atoms. The first kappa shape index (κ1) is 17.7. The Morgan fingerprint density at radius 2 is 1.77 bits per heavy atom. The van der Waals surface area contributed by atoms with E-state index in [1.165, 1.54) is 4.52 Å². The number of carbonyl (C=O) groups is 2. The van der Waals surface area contributed by atoms with E-state index < -0.39 is 12.1 Å².